The molecule has 2 fully saturated rings. The van der Waals surface area contributed by atoms with Gasteiger partial charge in [-0.25, -0.2) is 0 Å². The van der Waals surface area contributed by atoms with Crippen LogP contribution in [0.2, 0.25) is 5.02 Å². The fourth-order valence-electron chi connectivity index (χ4n) is 4.63. The van der Waals surface area contributed by atoms with Gasteiger partial charge in [-0.3, -0.25) is 4.79 Å². The number of benzene rings is 1. The Labute approximate surface area is 153 Å². The molecule has 1 aromatic carbocycles. The summed E-state index contributed by atoms with van der Waals surface area (Å²) in [6, 6.07) is 5.83. The fraction of sp³-hybridized carbons (Fsp3) is 0.632. The maximum atomic E-state index is 12.2. The Balaban J connectivity index is 1.60. The van der Waals surface area contributed by atoms with E-state index in [1.807, 2.05) is 23.1 Å². The van der Waals surface area contributed by atoms with Gasteiger partial charge in [0.2, 0.25) is 5.91 Å². The van der Waals surface area contributed by atoms with E-state index in [0.29, 0.717) is 12.5 Å². The number of halogens is 1. The van der Waals surface area contributed by atoms with Crippen molar-refractivity contribution in [3.8, 4) is 5.75 Å². The molecule has 3 aliphatic rings. The van der Waals surface area contributed by atoms with Crippen LogP contribution < -0.4 is 10.1 Å². The van der Waals surface area contributed by atoms with E-state index in [1.54, 1.807) is 7.05 Å². The van der Waals surface area contributed by atoms with Gasteiger partial charge < -0.3 is 19.7 Å². The van der Waals surface area contributed by atoms with Crippen LogP contribution in [0, 0.1) is 5.92 Å². The van der Waals surface area contributed by atoms with Crippen molar-refractivity contribution >= 4 is 17.5 Å². The maximum absolute atomic E-state index is 12.2. The number of likely N-dealkylation sites (N-methyl/N-ethyl adjacent to an activating group) is 1. The van der Waals surface area contributed by atoms with Gasteiger partial charge in [0.1, 0.15) is 11.4 Å². The van der Waals surface area contributed by atoms with Crippen LogP contribution in [0.5, 0.6) is 5.75 Å². The number of amides is 1. The molecule has 6 heteroatoms. The van der Waals surface area contributed by atoms with E-state index in [0.717, 1.165) is 61.7 Å². The van der Waals surface area contributed by atoms with Crippen molar-refractivity contribution < 1.29 is 14.3 Å². The van der Waals surface area contributed by atoms with E-state index in [4.69, 9.17) is 21.1 Å². The summed E-state index contributed by atoms with van der Waals surface area (Å²) in [6.45, 7) is 2.67. The molecule has 2 atom stereocenters. The zero-order chi connectivity index (χ0) is 17.4. The highest BCUT2D eigenvalue weighted by molar-refractivity contribution is 6.30. The number of ether oxygens (including phenoxy) is 2. The standard InChI is InChI=1S/C19H25ClN2O3/c1-21-12-17(23)22-8-6-19(7-9-22)15-3-2-10-24-18(15)14-11-13(20)4-5-16(14)25-19/h4-5,11,15,18,21H,2-3,6-10,12H2,1H3/t15-,18+/m0/s1. The van der Waals surface area contributed by atoms with Gasteiger partial charge in [-0.05, 0) is 38.1 Å². The average molecular weight is 365 g/mol. The molecule has 1 aromatic rings. The van der Waals surface area contributed by atoms with Crippen molar-refractivity contribution in [2.75, 3.05) is 33.3 Å². The summed E-state index contributed by atoms with van der Waals surface area (Å²) < 4.78 is 12.8. The third-order valence-electron chi connectivity index (χ3n) is 5.88. The molecule has 1 amide bonds. The number of nitrogens with zero attached hydrogens (tertiary/aromatic N) is 1. The third kappa shape index (κ3) is 3.03. The first-order valence-corrected chi connectivity index (χ1v) is 9.53. The number of nitrogens with one attached hydrogen (secondary N) is 1. The van der Waals surface area contributed by atoms with Crippen LogP contribution in [-0.2, 0) is 9.53 Å². The molecule has 0 aromatic heterocycles. The molecule has 0 bridgehead atoms. The van der Waals surface area contributed by atoms with Gasteiger partial charge in [-0.15, -0.1) is 0 Å². The van der Waals surface area contributed by atoms with Crippen LogP contribution in [0.4, 0.5) is 0 Å². The van der Waals surface area contributed by atoms with E-state index in [1.165, 1.54) is 0 Å². The molecule has 4 rings (SSSR count). The summed E-state index contributed by atoms with van der Waals surface area (Å²) in [4.78, 5) is 14.1. The Hall–Kier alpha value is -1.30. The van der Waals surface area contributed by atoms with Crippen molar-refractivity contribution in [2.24, 2.45) is 5.92 Å². The number of piperidine rings is 1. The van der Waals surface area contributed by atoms with Gasteiger partial charge in [0.15, 0.2) is 0 Å². The van der Waals surface area contributed by atoms with Gasteiger partial charge in [-0.2, -0.15) is 0 Å². The predicted octanol–water partition coefficient (Wildman–Crippen LogP) is 2.78. The first kappa shape index (κ1) is 17.1. The zero-order valence-corrected chi connectivity index (χ0v) is 15.3. The van der Waals surface area contributed by atoms with Crippen molar-refractivity contribution in [1.29, 1.82) is 0 Å². The number of carbonyl (C=O) groups is 1. The van der Waals surface area contributed by atoms with E-state index >= 15 is 0 Å². The van der Waals surface area contributed by atoms with Crippen LogP contribution in [-0.4, -0.2) is 49.7 Å². The summed E-state index contributed by atoms with van der Waals surface area (Å²) in [5.74, 6) is 1.38. The Morgan fingerprint density at radius 3 is 2.96 bits per heavy atom. The van der Waals surface area contributed by atoms with Crippen LogP contribution in [0.15, 0.2) is 18.2 Å². The predicted molar refractivity (Wildman–Crippen MR) is 96.0 cm³/mol. The van der Waals surface area contributed by atoms with Gasteiger partial charge >= 0.3 is 0 Å². The molecule has 1 spiro atoms. The summed E-state index contributed by atoms with van der Waals surface area (Å²) in [7, 11) is 1.81. The van der Waals surface area contributed by atoms with Gasteiger partial charge in [0.05, 0.1) is 12.6 Å². The van der Waals surface area contributed by atoms with Crippen molar-refractivity contribution in [3.05, 3.63) is 28.8 Å². The minimum atomic E-state index is -0.234. The molecule has 0 radical (unpaired) electrons. The molecule has 0 unspecified atom stereocenters. The van der Waals surface area contributed by atoms with Crippen LogP contribution in [0.1, 0.15) is 37.4 Å². The quantitative estimate of drug-likeness (QED) is 0.876. The highest BCUT2D eigenvalue weighted by atomic mass is 35.5. The Morgan fingerprint density at radius 1 is 1.40 bits per heavy atom. The molecule has 1 N–H and O–H groups in total. The molecular weight excluding hydrogens is 340 g/mol. The Morgan fingerprint density at radius 2 is 2.20 bits per heavy atom. The fourth-order valence-corrected chi connectivity index (χ4v) is 4.81. The topological polar surface area (TPSA) is 50.8 Å². The summed E-state index contributed by atoms with van der Waals surface area (Å²) in [5, 5.41) is 3.67. The molecule has 5 nitrogen and oxygen atoms in total. The second-order valence-corrected chi connectivity index (χ2v) is 7.74. The third-order valence-corrected chi connectivity index (χ3v) is 6.12. The first-order valence-electron chi connectivity index (χ1n) is 9.15. The van der Waals surface area contributed by atoms with Crippen molar-refractivity contribution in [2.45, 2.75) is 37.4 Å². The van der Waals surface area contributed by atoms with Crippen LogP contribution in [0.3, 0.4) is 0 Å². The van der Waals surface area contributed by atoms with E-state index < -0.39 is 0 Å². The SMILES string of the molecule is CNCC(=O)N1CCC2(CC1)Oc1ccc(Cl)cc1[C@H]1OCCC[C@@H]12. The number of hydrogen-bond acceptors (Lipinski definition) is 4. The molecule has 3 aliphatic heterocycles. The number of hydrogen-bond donors (Lipinski definition) is 1. The minimum absolute atomic E-state index is 0.0516. The van der Waals surface area contributed by atoms with E-state index in [9.17, 15) is 4.79 Å². The zero-order valence-electron chi connectivity index (χ0n) is 14.6. The lowest BCUT2D eigenvalue weighted by molar-refractivity contribution is -0.156. The molecule has 0 saturated carbocycles. The summed E-state index contributed by atoms with van der Waals surface area (Å²) >= 11 is 6.21. The lowest BCUT2D eigenvalue weighted by Crippen LogP contribution is -2.58. The number of likely N-dealkylation sites (tertiary alicyclic amines) is 1. The van der Waals surface area contributed by atoms with Crippen molar-refractivity contribution in [1.82, 2.24) is 10.2 Å². The molecule has 136 valence electrons. The Kier molecular flexibility index (Phi) is 4.65. The number of fused-ring (bicyclic) bond motifs is 4. The average Bonchev–Trinajstić information content (AvgIpc) is 2.64. The number of carbonyl (C=O) groups excluding carboxylic acids is 1. The van der Waals surface area contributed by atoms with Crippen LogP contribution >= 0.6 is 11.6 Å². The maximum Gasteiger partial charge on any atom is 0.236 e. The minimum Gasteiger partial charge on any atom is -0.486 e. The highest BCUT2D eigenvalue weighted by Gasteiger charge is 2.52. The smallest absolute Gasteiger partial charge is 0.236 e. The summed E-state index contributed by atoms with van der Waals surface area (Å²) in [5.41, 5.74) is 0.846. The first-order chi connectivity index (χ1) is 12.1. The Bertz CT molecular complexity index is 658. The van der Waals surface area contributed by atoms with Gasteiger partial charge in [-0.1, -0.05) is 11.6 Å². The molecular formula is C19H25ClN2O3. The summed E-state index contributed by atoms with van der Waals surface area (Å²) in [6.07, 6.45) is 3.92. The molecule has 25 heavy (non-hydrogen) atoms. The lowest BCUT2D eigenvalue weighted by atomic mass is 9.70. The lowest BCUT2D eigenvalue weighted by Gasteiger charge is -2.53. The second kappa shape index (κ2) is 6.78. The van der Waals surface area contributed by atoms with Crippen molar-refractivity contribution in [3.63, 3.8) is 0 Å². The van der Waals surface area contributed by atoms with E-state index in [2.05, 4.69) is 5.32 Å². The normalized spacial score (nSPS) is 27.4. The highest BCUT2D eigenvalue weighted by Crippen LogP contribution is 2.53. The van der Waals surface area contributed by atoms with Gasteiger partial charge in [0.25, 0.3) is 0 Å². The monoisotopic (exact) mass is 364 g/mol. The largest absolute Gasteiger partial charge is 0.486 e. The van der Waals surface area contributed by atoms with Gasteiger partial charge in [0, 0.05) is 49.0 Å². The second-order valence-electron chi connectivity index (χ2n) is 7.30. The molecule has 2 saturated heterocycles. The van der Waals surface area contributed by atoms with Crippen LogP contribution in [0.25, 0.3) is 0 Å². The number of rotatable bonds is 2. The van der Waals surface area contributed by atoms with E-state index in [-0.39, 0.29) is 17.6 Å². The molecule has 3 heterocycles. The molecule has 0 aliphatic carbocycles.